The van der Waals surface area contributed by atoms with Gasteiger partial charge in [0.05, 0.1) is 11.1 Å². The molecular formula is C21H22N4O4S. The number of hydrogen-bond donors (Lipinski definition) is 1. The van der Waals surface area contributed by atoms with Crippen LogP contribution in [0.15, 0.2) is 35.8 Å². The van der Waals surface area contributed by atoms with E-state index in [-0.39, 0.29) is 42.5 Å². The summed E-state index contributed by atoms with van der Waals surface area (Å²) in [6, 6.07) is 6.76. The Morgan fingerprint density at radius 2 is 1.77 bits per heavy atom. The van der Waals surface area contributed by atoms with Crippen LogP contribution in [0.25, 0.3) is 0 Å². The maximum atomic E-state index is 12.5. The molecule has 1 aromatic heterocycles. The Balaban J connectivity index is 1.21. The maximum absolute atomic E-state index is 12.5. The van der Waals surface area contributed by atoms with Crippen molar-refractivity contribution in [3.8, 4) is 0 Å². The molecule has 1 N–H and O–H groups in total. The predicted octanol–water partition coefficient (Wildman–Crippen LogP) is 2.40. The van der Waals surface area contributed by atoms with Crippen LogP contribution >= 0.6 is 11.3 Å². The van der Waals surface area contributed by atoms with E-state index in [2.05, 4.69) is 10.3 Å². The number of nitrogens with zero attached hydrogens (tertiary/aromatic N) is 3. The summed E-state index contributed by atoms with van der Waals surface area (Å²) in [5.74, 6) is -0.783. The summed E-state index contributed by atoms with van der Waals surface area (Å²) >= 11 is 1.38. The highest BCUT2D eigenvalue weighted by molar-refractivity contribution is 7.13. The average molecular weight is 426 g/mol. The number of carbonyl (C=O) groups excluding carboxylic acids is 4. The van der Waals surface area contributed by atoms with E-state index in [0.29, 0.717) is 48.6 Å². The fourth-order valence-corrected chi connectivity index (χ4v) is 4.40. The molecule has 4 amide bonds. The standard InChI is InChI=1S/C21H22N4O4S/c26-17(6-3-10-25-19(28)15-4-1-2-5-16(15)20(25)29)24-11-7-14(8-12-24)18(27)23-21-22-9-13-30-21/h1-2,4-5,9,13-14H,3,6-8,10-12H2,(H,22,23,27). The normalized spacial score (nSPS) is 16.7. The zero-order valence-electron chi connectivity index (χ0n) is 16.4. The molecule has 156 valence electrons. The molecule has 3 heterocycles. The second-order valence-corrected chi connectivity index (χ2v) is 8.29. The van der Waals surface area contributed by atoms with Gasteiger partial charge in [-0.3, -0.25) is 24.1 Å². The number of rotatable bonds is 6. The van der Waals surface area contributed by atoms with E-state index in [9.17, 15) is 19.2 Å². The van der Waals surface area contributed by atoms with Gasteiger partial charge in [0.2, 0.25) is 11.8 Å². The van der Waals surface area contributed by atoms with Gasteiger partial charge in [0, 0.05) is 43.5 Å². The molecule has 2 aliphatic rings. The number of fused-ring (bicyclic) bond motifs is 1. The van der Waals surface area contributed by atoms with Gasteiger partial charge in [0.15, 0.2) is 5.13 Å². The highest BCUT2D eigenvalue weighted by atomic mass is 32.1. The van der Waals surface area contributed by atoms with E-state index >= 15 is 0 Å². The molecule has 1 fully saturated rings. The first-order valence-electron chi connectivity index (χ1n) is 9.98. The van der Waals surface area contributed by atoms with Crippen molar-refractivity contribution in [1.29, 1.82) is 0 Å². The van der Waals surface area contributed by atoms with Gasteiger partial charge in [-0.2, -0.15) is 0 Å². The number of thiazole rings is 1. The number of anilines is 1. The zero-order valence-corrected chi connectivity index (χ0v) is 17.2. The molecule has 0 unspecified atom stereocenters. The molecule has 0 bridgehead atoms. The second kappa shape index (κ2) is 8.74. The van der Waals surface area contributed by atoms with Crippen LogP contribution in [-0.2, 0) is 9.59 Å². The minimum absolute atomic E-state index is 0.00890. The predicted molar refractivity (Wildman–Crippen MR) is 111 cm³/mol. The highest BCUT2D eigenvalue weighted by Gasteiger charge is 2.35. The number of nitrogens with one attached hydrogen (secondary N) is 1. The second-order valence-electron chi connectivity index (χ2n) is 7.39. The van der Waals surface area contributed by atoms with E-state index < -0.39 is 0 Å². The summed E-state index contributed by atoms with van der Waals surface area (Å²) in [7, 11) is 0. The smallest absolute Gasteiger partial charge is 0.261 e. The number of carbonyl (C=O) groups is 4. The molecule has 30 heavy (non-hydrogen) atoms. The van der Waals surface area contributed by atoms with E-state index in [1.54, 1.807) is 40.7 Å². The molecule has 4 rings (SSSR count). The van der Waals surface area contributed by atoms with E-state index in [1.807, 2.05) is 0 Å². The van der Waals surface area contributed by atoms with Gasteiger partial charge in [-0.05, 0) is 31.4 Å². The number of imide groups is 1. The number of aromatic nitrogens is 1. The lowest BCUT2D eigenvalue weighted by Gasteiger charge is -2.31. The highest BCUT2D eigenvalue weighted by Crippen LogP contribution is 2.24. The largest absolute Gasteiger partial charge is 0.343 e. The van der Waals surface area contributed by atoms with Crippen LogP contribution in [0.4, 0.5) is 5.13 Å². The molecule has 1 saturated heterocycles. The summed E-state index contributed by atoms with van der Waals surface area (Å²) in [6.07, 6.45) is 3.56. The van der Waals surface area contributed by atoms with Crippen molar-refractivity contribution in [2.45, 2.75) is 25.7 Å². The molecule has 1 aromatic carbocycles. The van der Waals surface area contributed by atoms with E-state index in [1.165, 1.54) is 16.2 Å². The molecule has 0 aliphatic carbocycles. The molecule has 0 radical (unpaired) electrons. The lowest BCUT2D eigenvalue weighted by Crippen LogP contribution is -2.41. The maximum Gasteiger partial charge on any atom is 0.261 e. The average Bonchev–Trinajstić information content (AvgIpc) is 3.36. The number of benzene rings is 1. The van der Waals surface area contributed by atoms with Crippen LogP contribution in [-0.4, -0.2) is 58.0 Å². The van der Waals surface area contributed by atoms with Crippen molar-refractivity contribution in [1.82, 2.24) is 14.8 Å². The molecular weight excluding hydrogens is 404 g/mol. The Morgan fingerprint density at radius 3 is 2.37 bits per heavy atom. The SMILES string of the molecule is O=C(Nc1nccs1)C1CCN(C(=O)CCCN2C(=O)c3ccccc3C2=O)CC1. The van der Waals surface area contributed by atoms with Crippen molar-refractivity contribution >= 4 is 40.1 Å². The van der Waals surface area contributed by atoms with Crippen LogP contribution in [0.1, 0.15) is 46.4 Å². The topological polar surface area (TPSA) is 99.7 Å². The van der Waals surface area contributed by atoms with Crippen LogP contribution in [0.5, 0.6) is 0 Å². The number of amides is 4. The monoisotopic (exact) mass is 426 g/mol. The first kappa shape index (κ1) is 20.2. The molecule has 0 saturated carbocycles. The summed E-state index contributed by atoms with van der Waals surface area (Å²) in [4.78, 5) is 56.6. The third-order valence-corrected chi connectivity index (χ3v) is 6.22. The number of likely N-dealkylation sites (tertiary alicyclic amines) is 1. The summed E-state index contributed by atoms with van der Waals surface area (Å²) in [5, 5.41) is 5.21. The van der Waals surface area contributed by atoms with Crippen LogP contribution in [0.2, 0.25) is 0 Å². The number of hydrogen-bond acceptors (Lipinski definition) is 6. The Kier molecular flexibility index (Phi) is 5.89. The fraction of sp³-hybridized carbons (Fsp3) is 0.381. The summed E-state index contributed by atoms with van der Waals surface area (Å²) in [5.41, 5.74) is 0.846. The van der Waals surface area contributed by atoms with Crippen LogP contribution in [0, 0.1) is 5.92 Å². The van der Waals surface area contributed by atoms with Gasteiger partial charge in [-0.1, -0.05) is 12.1 Å². The third-order valence-electron chi connectivity index (χ3n) is 5.53. The lowest BCUT2D eigenvalue weighted by molar-refractivity contribution is -0.134. The minimum Gasteiger partial charge on any atom is -0.343 e. The summed E-state index contributed by atoms with van der Waals surface area (Å²) < 4.78 is 0. The molecule has 2 aromatic rings. The fourth-order valence-electron chi connectivity index (χ4n) is 3.87. The van der Waals surface area contributed by atoms with Crippen molar-refractivity contribution in [3.05, 3.63) is 47.0 Å². The van der Waals surface area contributed by atoms with E-state index in [4.69, 9.17) is 0 Å². The quantitative estimate of drug-likeness (QED) is 0.715. The van der Waals surface area contributed by atoms with E-state index in [0.717, 1.165) is 0 Å². The minimum atomic E-state index is -0.296. The Bertz CT molecular complexity index is 932. The molecule has 0 spiro atoms. The van der Waals surface area contributed by atoms with Crippen LogP contribution < -0.4 is 5.32 Å². The Hall–Kier alpha value is -3.07. The first-order valence-corrected chi connectivity index (χ1v) is 10.9. The molecule has 2 aliphatic heterocycles. The summed E-state index contributed by atoms with van der Waals surface area (Å²) in [6.45, 7) is 1.29. The number of piperidine rings is 1. The Morgan fingerprint density at radius 1 is 1.10 bits per heavy atom. The van der Waals surface area contributed by atoms with Crippen molar-refractivity contribution in [3.63, 3.8) is 0 Å². The molecule has 0 atom stereocenters. The van der Waals surface area contributed by atoms with Gasteiger partial charge >= 0.3 is 0 Å². The zero-order chi connectivity index (χ0) is 21.1. The third kappa shape index (κ3) is 4.11. The van der Waals surface area contributed by atoms with Crippen LogP contribution in [0.3, 0.4) is 0 Å². The van der Waals surface area contributed by atoms with Gasteiger partial charge in [0.25, 0.3) is 11.8 Å². The first-order chi connectivity index (χ1) is 14.5. The van der Waals surface area contributed by atoms with Gasteiger partial charge < -0.3 is 10.2 Å². The van der Waals surface area contributed by atoms with Gasteiger partial charge in [-0.15, -0.1) is 11.3 Å². The molecule has 9 heteroatoms. The van der Waals surface area contributed by atoms with Crippen molar-refractivity contribution in [2.24, 2.45) is 5.92 Å². The molecule has 8 nitrogen and oxygen atoms in total. The van der Waals surface area contributed by atoms with Gasteiger partial charge in [0.1, 0.15) is 0 Å². The van der Waals surface area contributed by atoms with Gasteiger partial charge in [-0.25, -0.2) is 4.98 Å². The Labute approximate surface area is 177 Å². The van der Waals surface area contributed by atoms with Crippen molar-refractivity contribution in [2.75, 3.05) is 25.0 Å². The lowest BCUT2D eigenvalue weighted by atomic mass is 9.95. The van der Waals surface area contributed by atoms with Crippen molar-refractivity contribution < 1.29 is 19.2 Å².